The van der Waals surface area contributed by atoms with E-state index in [0.29, 0.717) is 23.1 Å². The lowest BCUT2D eigenvalue weighted by molar-refractivity contribution is -0.122. The molecule has 8 nitrogen and oxygen atoms in total. The maximum atomic E-state index is 13.4. The van der Waals surface area contributed by atoms with E-state index in [9.17, 15) is 19.2 Å². The van der Waals surface area contributed by atoms with Gasteiger partial charge >= 0.3 is 5.69 Å². The fourth-order valence-corrected chi connectivity index (χ4v) is 4.10. The zero-order valence-electron chi connectivity index (χ0n) is 20.1. The number of fused-ring (bicyclic) bond motifs is 1. The molecule has 3 aromatic carbocycles. The lowest BCUT2D eigenvalue weighted by Gasteiger charge is -2.14. The van der Waals surface area contributed by atoms with Crippen LogP contribution in [0, 0.1) is 0 Å². The molecule has 2 N–H and O–H groups in total. The largest absolute Gasteiger partial charge is 0.359 e. The second-order valence-electron chi connectivity index (χ2n) is 8.48. The maximum absolute atomic E-state index is 13.4. The van der Waals surface area contributed by atoms with E-state index in [0.717, 1.165) is 23.0 Å². The molecule has 0 aliphatic heterocycles. The molecule has 0 fully saturated rings. The fourth-order valence-electron chi connectivity index (χ4n) is 4.10. The van der Waals surface area contributed by atoms with Crippen molar-refractivity contribution in [1.29, 1.82) is 0 Å². The summed E-state index contributed by atoms with van der Waals surface area (Å²) in [4.78, 5) is 51.1. The predicted octanol–water partition coefficient (Wildman–Crippen LogP) is 2.19. The Kier molecular flexibility index (Phi) is 7.75. The Morgan fingerprint density at radius 2 is 1.50 bits per heavy atom. The molecule has 1 aromatic heterocycles. The zero-order valence-corrected chi connectivity index (χ0v) is 20.1. The Labute approximate surface area is 208 Å². The normalized spacial score (nSPS) is 10.8. The van der Waals surface area contributed by atoms with Crippen LogP contribution in [0.25, 0.3) is 16.6 Å². The van der Waals surface area contributed by atoms with Gasteiger partial charge in [0.1, 0.15) is 6.54 Å². The van der Waals surface area contributed by atoms with E-state index < -0.39 is 11.2 Å². The van der Waals surface area contributed by atoms with Crippen LogP contribution in [0.5, 0.6) is 0 Å². The number of likely N-dealkylation sites (N-methyl/N-ethyl adjacent to an activating group) is 1. The summed E-state index contributed by atoms with van der Waals surface area (Å²) >= 11 is 0. The van der Waals surface area contributed by atoms with Crippen molar-refractivity contribution in [3.63, 3.8) is 0 Å². The lowest BCUT2D eigenvalue weighted by atomic mass is 10.1. The average Bonchev–Trinajstić information content (AvgIpc) is 2.90. The fraction of sp³-hybridized carbons (Fsp3) is 0.214. The quantitative estimate of drug-likeness (QED) is 0.356. The van der Waals surface area contributed by atoms with Crippen LogP contribution in [-0.4, -0.2) is 34.5 Å². The molecule has 2 amide bonds. The predicted molar refractivity (Wildman–Crippen MR) is 139 cm³/mol. The highest BCUT2D eigenvalue weighted by Crippen LogP contribution is 2.12. The number of carbonyl (C=O) groups excluding carboxylic acids is 2. The Bertz CT molecular complexity index is 1490. The van der Waals surface area contributed by atoms with E-state index >= 15 is 0 Å². The molecule has 0 bridgehead atoms. The van der Waals surface area contributed by atoms with Crippen molar-refractivity contribution < 1.29 is 9.59 Å². The molecule has 184 valence electrons. The Morgan fingerprint density at radius 1 is 0.806 bits per heavy atom. The topological polar surface area (TPSA) is 102 Å². The maximum Gasteiger partial charge on any atom is 0.336 e. The highest BCUT2D eigenvalue weighted by molar-refractivity contribution is 5.82. The van der Waals surface area contributed by atoms with Gasteiger partial charge in [-0.3, -0.25) is 19.0 Å². The van der Waals surface area contributed by atoms with Gasteiger partial charge in [-0.1, -0.05) is 54.6 Å². The van der Waals surface area contributed by atoms with Crippen molar-refractivity contribution in [3.05, 3.63) is 111 Å². The number of rotatable bonds is 9. The molecule has 8 heteroatoms. The van der Waals surface area contributed by atoms with Gasteiger partial charge in [0.05, 0.1) is 23.0 Å². The first-order valence-corrected chi connectivity index (χ1v) is 11.8. The summed E-state index contributed by atoms with van der Waals surface area (Å²) in [6.07, 6.45) is 1.80. The van der Waals surface area contributed by atoms with Gasteiger partial charge in [-0.2, -0.15) is 0 Å². The van der Waals surface area contributed by atoms with E-state index in [1.165, 1.54) is 10.1 Å². The second-order valence-corrected chi connectivity index (χ2v) is 8.48. The number of benzene rings is 3. The number of aryl methyl sites for hydroxylation is 1. The van der Waals surface area contributed by atoms with Gasteiger partial charge in [0.2, 0.25) is 11.8 Å². The molecular formula is C28H28N4O4. The third-order valence-electron chi connectivity index (χ3n) is 6.00. The van der Waals surface area contributed by atoms with Crippen LogP contribution >= 0.6 is 0 Å². The minimum absolute atomic E-state index is 0.136. The summed E-state index contributed by atoms with van der Waals surface area (Å²) in [5, 5.41) is 5.78. The number of carbonyl (C=O) groups is 2. The van der Waals surface area contributed by atoms with E-state index in [1.807, 2.05) is 30.3 Å². The smallest absolute Gasteiger partial charge is 0.336 e. The van der Waals surface area contributed by atoms with Crippen LogP contribution in [0.4, 0.5) is 0 Å². The monoisotopic (exact) mass is 484 g/mol. The number of hydrogen-bond acceptors (Lipinski definition) is 4. The van der Waals surface area contributed by atoms with Crippen molar-refractivity contribution in [2.75, 3.05) is 13.6 Å². The summed E-state index contributed by atoms with van der Waals surface area (Å²) in [7, 11) is 1.56. The number of hydrogen-bond donors (Lipinski definition) is 2. The zero-order chi connectivity index (χ0) is 25.5. The Morgan fingerprint density at radius 3 is 2.22 bits per heavy atom. The molecule has 4 rings (SSSR count). The summed E-state index contributed by atoms with van der Waals surface area (Å²) in [6, 6.07) is 23.4. The van der Waals surface area contributed by atoms with Crippen molar-refractivity contribution in [2.24, 2.45) is 0 Å². The summed E-state index contributed by atoms with van der Waals surface area (Å²) in [6.45, 7) is 0.270. The van der Waals surface area contributed by atoms with Crippen LogP contribution in [0.2, 0.25) is 0 Å². The standard InChI is InChI=1S/C28H28N4O4/c1-29-25(33)18-21-13-15-22(16-14-21)32-27(35)23-11-5-6-12-24(23)31(28(32)36)19-26(34)30-17-7-10-20-8-3-2-4-9-20/h2-6,8-9,11-16H,7,10,17-19H2,1H3,(H,29,33)(H,30,34). The number of para-hydroxylation sites is 1. The van der Waals surface area contributed by atoms with Crippen LogP contribution in [0.15, 0.2) is 88.5 Å². The molecular weight excluding hydrogens is 456 g/mol. The van der Waals surface area contributed by atoms with Gasteiger partial charge in [0.25, 0.3) is 5.56 Å². The van der Waals surface area contributed by atoms with Gasteiger partial charge in [0, 0.05) is 13.6 Å². The first-order chi connectivity index (χ1) is 17.5. The minimum Gasteiger partial charge on any atom is -0.359 e. The van der Waals surface area contributed by atoms with Crippen LogP contribution < -0.4 is 21.9 Å². The van der Waals surface area contributed by atoms with Crippen LogP contribution in [0.1, 0.15) is 17.5 Å². The van der Waals surface area contributed by atoms with Gasteiger partial charge in [-0.15, -0.1) is 0 Å². The molecule has 1 heterocycles. The van der Waals surface area contributed by atoms with E-state index in [-0.39, 0.29) is 24.8 Å². The van der Waals surface area contributed by atoms with Crippen molar-refractivity contribution in [2.45, 2.75) is 25.8 Å². The van der Waals surface area contributed by atoms with Gasteiger partial charge < -0.3 is 10.6 Å². The Balaban J connectivity index is 1.58. The lowest BCUT2D eigenvalue weighted by Crippen LogP contribution is -2.42. The molecule has 0 atom stereocenters. The number of amides is 2. The third kappa shape index (κ3) is 5.60. The minimum atomic E-state index is -0.600. The molecule has 0 saturated carbocycles. The molecule has 0 aliphatic carbocycles. The second kappa shape index (κ2) is 11.3. The van der Waals surface area contributed by atoms with E-state index in [1.54, 1.807) is 55.6 Å². The molecule has 0 aliphatic rings. The molecule has 36 heavy (non-hydrogen) atoms. The van der Waals surface area contributed by atoms with Crippen molar-refractivity contribution >= 4 is 22.7 Å². The molecule has 4 aromatic rings. The number of nitrogens with zero attached hydrogens (tertiary/aromatic N) is 2. The molecule has 0 saturated heterocycles. The SMILES string of the molecule is CNC(=O)Cc1ccc(-n2c(=O)c3ccccc3n(CC(=O)NCCCc3ccccc3)c2=O)cc1. The van der Waals surface area contributed by atoms with Gasteiger partial charge in [-0.05, 0) is 48.2 Å². The van der Waals surface area contributed by atoms with Gasteiger partial charge in [-0.25, -0.2) is 9.36 Å². The van der Waals surface area contributed by atoms with Crippen molar-refractivity contribution in [3.8, 4) is 5.69 Å². The van der Waals surface area contributed by atoms with Crippen LogP contribution in [-0.2, 0) is 29.0 Å². The first kappa shape index (κ1) is 24.7. The summed E-state index contributed by atoms with van der Waals surface area (Å²) in [5.74, 6) is -0.441. The van der Waals surface area contributed by atoms with Crippen LogP contribution in [0.3, 0.4) is 0 Å². The highest BCUT2D eigenvalue weighted by atomic mass is 16.2. The van der Waals surface area contributed by atoms with Gasteiger partial charge in [0.15, 0.2) is 0 Å². The average molecular weight is 485 g/mol. The number of nitrogens with one attached hydrogen (secondary N) is 2. The molecule has 0 radical (unpaired) electrons. The van der Waals surface area contributed by atoms with E-state index in [2.05, 4.69) is 10.6 Å². The molecule has 0 spiro atoms. The van der Waals surface area contributed by atoms with Crippen molar-refractivity contribution in [1.82, 2.24) is 19.8 Å². The highest BCUT2D eigenvalue weighted by Gasteiger charge is 2.16. The molecule has 0 unspecified atom stereocenters. The summed E-state index contributed by atoms with van der Waals surface area (Å²) in [5.41, 5.74) is 1.66. The van der Waals surface area contributed by atoms with E-state index in [4.69, 9.17) is 0 Å². The summed E-state index contributed by atoms with van der Waals surface area (Å²) < 4.78 is 2.39. The Hall–Kier alpha value is -4.46. The third-order valence-corrected chi connectivity index (χ3v) is 6.00. The first-order valence-electron chi connectivity index (χ1n) is 11.8. The number of aromatic nitrogens is 2.